The van der Waals surface area contributed by atoms with Crippen LogP contribution in [-0.4, -0.2) is 15.1 Å². The van der Waals surface area contributed by atoms with Crippen LogP contribution in [-0.2, 0) is 6.54 Å². The molecule has 0 spiro atoms. The van der Waals surface area contributed by atoms with E-state index < -0.39 is 0 Å². The summed E-state index contributed by atoms with van der Waals surface area (Å²) in [5.41, 5.74) is 7.95. The molecule has 0 bridgehead atoms. The fourth-order valence-electron chi connectivity index (χ4n) is 1.74. The molecule has 0 radical (unpaired) electrons. The van der Waals surface area contributed by atoms with Crippen LogP contribution in [0, 0.1) is 13.8 Å². The second-order valence-corrected chi connectivity index (χ2v) is 4.18. The van der Waals surface area contributed by atoms with Crippen molar-refractivity contribution < 1.29 is 5.11 Å². The second kappa shape index (κ2) is 4.91. The second-order valence-electron chi connectivity index (χ2n) is 4.18. The molecular formula is C13H16N4O. The number of benzene rings is 1. The zero-order chi connectivity index (χ0) is 13.1. The van der Waals surface area contributed by atoms with E-state index in [1.807, 2.05) is 19.9 Å². The Morgan fingerprint density at radius 2 is 2.00 bits per heavy atom. The Labute approximate surface area is 106 Å². The lowest BCUT2D eigenvalue weighted by Gasteiger charge is -2.09. The molecule has 1 aromatic carbocycles. The number of hydrogen-bond acceptors (Lipinski definition) is 5. The Hall–Kier alpha value is -2.30. The van der Waals surface area contributed by atoms with Crippen molar-refractivity contribution in [3.05, 3.63) is 41.3 Å². The minimum absolute atomic E-state index is 0.221. The molecule has 0 unspecified atom stereocenters. The number of phenols is 1. The molecule has 0 saturated heterocycles. The van der Waals surface area contributed by atoms with E-state index in [0.29, 0.717) is 18.1 Å². The molecule has 0 fully saturated rings. The highest BCUT2D eigenvalue weighted by molar-refractivity contribution is 5.49. The quantitative estimate of drug-likeness (QED) is 0.568. The SMILES string of the molecule is Cc1cc(NCc2cc(N)ccc2O)nc(C)n1. The van der Waals surface area contributed by atoms with E-state index >= 15 is 0 Å². The first-order valence-electron chi connectivity index (χ1n) is 5.68. The topological polar surface area (TPSA) is 84.1 Å². The summed E-state index contributed by atoms with van der Waals surface area (Å²) in [6.07, 6.45) is 0. The number of phenolic OH excluding ortho intramolecular Hbond substituents is 1. The molecule has 1 heterocycles. The van der Waals surface area contributed by atoms with Gasteiger partial charge in [0.25, 0.3) is 0 Å². The Balaban J connectivity index is 2.13. The Morgan fingerprint density at radius 3 is 2.72 bits per heavy atom. The third kappa shape index (κ3) is 2.88. The number of nitrogens with two attached hydrogens (primary N) is 1. The van der Waals surface area contributed by atoms with Crippen LogP contribution in [0.25, 0.3) is 0 Å². The number of nitrogens with one attached hydrogen (secondary N) is 1. The van der Waals surface area contributed by atoms with Gasteiger partial charge in [0.15, 0.2) is 0 Å². The highest BCUT2D eigenvalue weighted by atomic mass is 16.3. The molecular weight excluding hydrogens is 228 g/mol. The van der Waals surface area contributed by atoms with E-state index in [2.05, 4.69) is 15.3 Å². The molecule has 0 atom stereocenters. The summed E-state index contributed by atoms with van der Waals surface area (Å²) in [6.45, 7) is 4.22. The minimum Gasteiger partial charge on any atom is -0.508 e. The molecule has 2 rings (SSSR count). The first-order chi connectivity index (χ1) is 8.54. The van der Waals surface area contributed by atoms with Crippen LogP contribution in [0.15, 0.2) is 24.3 Å². The van der Waals surface area contributed by atoms with Crippen LogP contribution in [0.1, 0.15) is 17.1 Å². The first-order valence-corrected chi connectivity index (χ1v) is 5.68. The smallest absolute Gasteiger partial charge is 0.130 e. The van der Waals surface area contributed by atoms with E-state index in [1.54, 1.807) is 18.2 Å². The average molecular weight is 244 g/mol. The van der Waals surface area contributed by atoms with Gasteiger partial charge in [0.1, 0.15) is 17.4 Å². The number of nitrogen functional groups attached to an aromatic ring is 1. The van der Waals surface area contributed by atoms with Gasteiger partial charge in [-0.2, -0.15) is 0 Å². The Kier molecular flexibility index (Phi) is 3.32. The van der Waals surface area contributed by atoms with E-state index in [1.165, 1.54) is 0 Å². The van der Waals surface area contributed by atoms with Gasteiger partial charge in [-0.05, 0) is 32.0 Å². The van der Waals surface area contributed by atoms with Gasteiger partial charge in [0, 0.05) is 29.6 Å². The zero-order valence-electron chi connectivity index (χ0n) is 10.4. The average Bonchev–Trinajstić information content (AvgIpc) is 2.29. The Bertz CT molecular complexity index is 549. The highest BCUT2D eigenvalue weighted by Gasteiger charge is 2.03. The number of nitrogens with zero attached hydrogens (tertiary/aromatic N) is 2. The lowest BCUT2D eigenvalue weighted by molar-refractivity contribution is 0.469. The first kappa shape index (κ1) is 12.2. The fourth-order valence-corrected chi connectivity index (χ4v) is 1.74. The summed E-state index contributed by atoms with van der Waals surface area (Å²) in [5.74, 6) is 1.68. The normalized spacial score (nSPS) is 10.3. The predicted octanol–water partition coefficient (Wildman–Crippen LogP) is 1.99. The van der Waals surface area contributed by atoms with Gasteiger partial charge in [-0.1, -0.05) is 0 Å². The van der Waals surface area contributed by atoms with Gasteiger partial charge >= 0.3 is 0 Å². The van der Waals surface area contributed by atoms with Crippen molar-refractivity contribution in [2.45, 2.75) is 20.4 Å². The number of hydrogen-bond donors (Lipinski definition) is 3. The van der Waals surface area contributed by atoms with Crippen LogP contribution >= 0.6 is 0 Å². The maximum absolute atomic E-state index is 9.69. The molecule has 0 aliphatic rings. The van der Waals surface area contributed by atoms with Crippen LogP contribution in [0.2, 0.25) is 0 Å². The van der Waals surface area contributed by atoms with Crippen molar-refractivity contribution in [2.24, 2.45) is 0 Å². The van der Waals surface area contributed by atoms with Crippen molar-refractivity contribution in [1.29, 1.82) is 0 Å². The Morgan fingerprint density at radius 1 is 1.22 bits per heavy atom. The number of rotatable bonds is 3. The molecule has 0 amide bonds. The third-order valence-corrected chi connectivity index (χ3v) is 2.53. The summed E-state index contributed by atoms with van der Waals surface area (Å²) in [6, 6.07) is 6.85. The van der Waals surface area contributed by atoms with Gasteiger partial charge in [0.2, 0.25) is 0 Å². The lowest BCUT2D eigenvalue weighted by atomic mass is 10.2. The fraction of sp³-hybridized carbons (Fsp3) is 0.231. The molecule has 5 nitrogen and oxygen atoms in total. The molecule has 2 aromatic rings. The summed E-state index contributed by atoms with van der Waals surface area (Å²) in [4.78, 5) is 8.47. The van der Waals surface area contributed by atoms with Crippen LogP contribution in [0.4, 0.5) is 11.5 Å². The van der Waals surface area contributed by atoms with Crippen LogP contribution in [0.5, 0.6) is 5.75 Å². The maximum Gasteiger partial charge on any atom is 0.130 e. The third-order valence-electron chi connectivity index (χ3n) is 2.53. The van der Waals surface area contributed by atoms with Gasteiger partial charge in [0.05, 0.1) is 0 Å². The maximum atomic E-state index is 9.69. The number of aryl methyl sites for hydroxylation is 2. The van der Waals surface area contributed by atoms with E-state index in [-0.39, 0.29) is 5.75 Å². The molecule has 1 aromatic heterocycles. The molecule has 94 valence electrons. The van der Waals surface area contributed by atoms with Gasteiger partial charge in [-0.3, -0.25) is 0 Å². The summed E-state index contributed by atoms with van der Waals surface area (Å²) >= 11 is 0. The van der Waals surface area contributed by atoms with E-state index in [4.69, 9.17) is 5.73 Å². The van der Waals surface area contributed by atoms with Crippen LogP contribution < -0.4 is 11.1 Å². The van der Waals surface area contributed by atoms with Crippen molar-refractivity contribution in [1.82, 2.24) is 9.97 Å². The standard InChI is InChI=1S/C13H16N4O/c1-8-5-13(17-9(2)16-8)15-7-10-6-11(14)3-4-12(10)18/h3-6,18H,7,14H2,1-2H3,(H,15,16,17). The highest BCUT2D eigenvalue weighted by Crippen LogP contribution is 2.20. The van der Waals surface area contributed by atoms with Crippen molar-refractivity contribution >= 4 is 11.5 Å². The predicted molar refractivity (Wildman–Crippen MR) is 71.4 cm³/mol. The number of aromatic nitrogens is 2. The number of aromatic hydroxyl groups is 1. The molecule has 5 heteroatoms. The number of anilines is 2. The summed E-state index contributed by atoms with van der Waals surface area (Å²) in [7, 11) is 0. The molecule has 0 saturated carbocycles. The van der Waals surface area contributed by atoms with Gasteiger partial charge in [-0.25, -0.2) is 9.97 Å². The monoisotopic (exact) mass is 244 g/mol. The molecule has 0 aliphatic heterocycles. The largest absolute Gasteiger partial charge is 0.508 e. The molecule has 0 aliphatic carbocycles. The molecule has 4 N–H and O–H groups in total. The van der Waals surface area contributed by atoms with E-state index in [0.717, 1.165) is 17.1 Å². The van der Waals surface area contributed by atoms with Crippen molar-refractivity contribution in [2.75, 3.05) is 11.1 Å². The molecule has 18 heavy (non-hydrogen) atoms. The van der Waals surface area contributed by atoms with Crippen molar-refractivity contribution in [3.63, 3.8) is 0 Å². The minimum atomic E-state index is 0.221. The zero-order valence-corrected chi connectivity index (χ0v) is 10.4. The summed E-state index contributed by atoms with van der Waals surface area (Å²) < 4.78 is 0. The summed E-state index contributed by atoms with van der Waals surface area (Å²) in [5, 5.41) is 12.8. The lowest BCUT2D eigenvalue weighted by Crippen LogP contribution is -2.04. The van der Waals surface area contributed by atoms with E-state index in [9.17, 15) is 5.11 Å². The van der Waals surface area contributed by atoms with Gasteiger partial charge < -0.3 is 16.2 Å². The van der Waals surface area contributed by atoms with Crippen molar-refractivity contribution in [3.8, 4) is 5.75 Å². The van der Waals surface area contributed by atoms with Gasteiger partial charge in [-0.15, -0.1) is 0 Å². The van der Waals surface area contributed by atoms with Crippen LogP contribution in [0.3, 0.4) is 0 Å².